The van der Waals surface area contributed by atoms with Gasteiger partial charge in [-0.1, -0.05) is 15.9 Å². The highest BCUT2D eigenvalue weighted by Crippen LogP contribution is 2.29. The number of halogens is 1. The summed E-state index contributed by atoms with van der Waals surface area (Å²) in [6.07, 6.45) is 3.00. The molecule has 0 unspecified atom stereocenters. The molecular weight excluding hydrogens is 474 g/mol. The van der Waals surface area contributed by atoms with E-state index in [1.165, 1.54) is 12.3 Å². The SMILES string of the molecule is Cc1cc(-n2c(C)cc(/C=C3\C(=O)NC(=O)N(Cc4ccco4)C3=O)c2C)cc(C)c1Br. The number of benzene rings is 1. The Balaban J connectivity index is 1.73. The number of nitrogens with zero attached hydrogens (tertiary/aromatic N) is 2. The Morgan fingerprint density at radius 3 is 2.38 bits per heavy atom. The number of nitrogens with one attached hydrogen (secondary N) is 1. The van der Waals surface area contributed by atoms with Gasteiger partial charge in [-0.15, -0.1) is 0 Å². The predicted octanol–water partition coefficient (Wildman–Crippen LogP) is 4.73. The lowest BCUT2D eigenvalue weighted by molar-refractivity contribution is -0.130. The minimum atomic E-state index is -0.764. The molecule has 0 aliphatic carbocycles. The molecule has 1 aliphatic rings. The average molecular weight is 496 g/mol. The van der Waals surface area contributed by atoms with Gasteiger partial charge in [-0.25, -0.2) is 4.79 Å². The van der Waals surface area contributed by atoms with E-state index in [1.807, 2.05) is 33.8 Å². The number of furan rings is 1. The van der Waals surface area contributed by atoms with Crippen LogP contribution in [0.4, 0.5) is 4.79 Å². The van der Waals surface area contributed by atoms with Gasteiger partial charge < -0.3 is 8.98 Å². The summed E-state index contributed by atoms with van der Waals surface area (Å²) >= 11 is 3.60. The molecule has 1 saturated heterocycles. The Morgan fingerprint density at radius 2 is 1.75 bits per heavy atom. The topological polar surface area (TPSA) is 84.6 Å². The Hall–Kier alpha value is -3.39. The maximum atomic E-state index is 13.0. The van der Waals surface area contributed by atoms with Crippen LogP contribution in [0.1, 0.15) is 33.8 Å². The van der Waals surface area contributed by atoms with Crippen LogP contribution >= 0.6 is 15.9 Å². The summed E-state index contributed by atoms with van der Waals surface area (Å²) in [6, 6.07) is 8.65. The number of rotatable bonds is 4. The lowest BCUT2D eigenvalue weighted by Gasteiger charge is -2.25. The van der Waals surface area contributed by atoms with Gasteiger partial charge in [-0.05, 0) is 80.8 Å². The second-order valence-corrected chi connectivity index (χ2v) is 8.64. The number of aromatic nitrogens is 1. The summed E-state index contributed by atoms with van der Waals surface area (Å²) in [5, 5.41) is 2.24. The van der Waals surface area contributed by atoms with E-state index in [4.69, 9.17) is 4.42 Å². The van der Waals surface area contributed by atoms with E-state index in [9.17, 15) is 14.4 Å². The van der Waals surface area contributed by atoms with Gasteiger partial charge in [0.1, 0.15) is 11.3 Å². The van der Waals surface area contributed by atoms with Crippen molar-refractivity contribution < 1.29 is 18.8 Å². The third kappa shape index (κ3) is 3.82. The molecule has 7 nitrogen and oxygen atoms in total. The lowest BCUT2D eigenvalue weighted by Crippen LogP contribution is -2.53. The number of aryl methyl sites for hydroxylation is 3. The molecule has 4 amide bonds. The predicted molar refractivity (Wildman–Crippen MR) is 123 cm³/mol. The number of hydrogen-bond acceptors (Lipinski definition) is 4. The first-order valence-electron chi connectivity index (χ1n) is 10.0. The summed E-state index contributed by atoms with van der Waals surface area (Å²) in [6.45, 7) is 7.92. The van der Waals surface area contributed by atoms with Crippen molar-refractivity contribution in [3.05, 3.63) is 80.5 Å². The fourth-order valence-corrected chi connectivity index (χ4v) is 4.16. The summed E-state index contributed by atoms with van der Waals surface area (Å²) < 4.78 is 8.39. The van der Waals surface area contributed by atoms with Gasteiger partial charge in [-0.3, -0.25) is 19.8 Å². The Kier molecular flexibility index (Phi) is 5.64. The van der Waals surface area contributed by atoms with Gasteiger partial charge in [-0.2, -0.15) is 0 Å². The highest BCUT2D eigenvalue weighted by Gasteiger charge is 2.36. The third-order valence-corrected chi connectivity index (χ3v) is 6.78. The van der Waals surface area contributed by atoms with Crippen molar-refractivity contribution >= 4 is 39.9 Å². The molecule has 4 rings (SSSR count). The van der Waals surface area contributed by atoms with Crippen molar-refractivity contribution in [2.75, 3.05) is 0 Å². The van der Waals surface area contributed by atoms with Crippen LogP contribution < -0.4 is 5.32 Å². The number of hydrogen-bond donors (Lipinski definition) is 1. The number of urea groups is 1. The van der Waals surface area contributed by atoms with Gasteiger partial charge in [0.2, 0.25) is 0 Å². The Bertz CT molecular complexity index is 1260. The van der Waals surface area contributed by atoms with E-state index >= 15 is 0 Å². The Morgan fingerprint density at radius 1 is 1.06 bits per heavy atom. The van der Waals surface area contributed by atoms with E-state index in [0.717, 1.165) is 43.1 Å². The third-order valence-electron chi connectivity index (χ3n) is 5.53. The molecule has 3 heterocycles. The minimum absolute atomic E-state index is 0.0568. The van der Waals surface area contributed by atoms with Gasteiger partial charge in [0.15, 0.2) is 0 Å². The molecule has 1 N–H and O–H groups in total. The molecule has 2 aromatic heterocycles. The highest BCUT2D eigenvalue weighted by atomic mass is 79.9. The maximum absolute atomic E-state index is 13.0. The number of carbonyl (C=O) groups is 3. The first-order chi connectivity index (χ1) is 15.2. The molecule has 0 atom stereocenters. The molecule has 0 saturated carbocycles. The number of imide groups is 2. The van der Waals surface area contributed by atoms with E-state index in [2.05, 4.69) is 37.9 Å². The van der Waals surface area contributed by atoms with E-state index < -0.39 is 17.8 Å². The van der Waals surface area contributed by atoms with Crippen molar-refractivity contribution in [1.29, 1.82) is 0 Å². The standard InChI is InChI=1S/C24H22BrN3O4/c1-13-8-18(9-14(2)21(13)25)28-15(3)10-17(16(28)4)11-20-22(29)26-24(31)27(23(20)30)12-19-6-5-7-32-19/h5-11H,12H2,1-4H3,(H,26,29,31)/b20-11+. The fourth-order valence-electron chi connectivity index (χ4n) is 3.93. The van der Waals surface area contributed by atoms with E-state index in [1.54, 1.807) is 12.1 Å². The van der Waals surface area contributed by atoms with Crippen LogP contribution in [0.2, 0.25) is 0 Å². The summed E-state index contributed by atoms with van der Waals surface area (Å²) in [7, 11) is 0. The zero-order chi connectivity index (χ0) is 23.2. The largest absolute Gasteiger partial charge is 0.467 e. The Labute approximate surface area is 193 Å². The first-order valence-corrected chi connectivity index (χ1v) is 10.8. The molecule has 164 valence electrons. The molecule has 1 fully saturated rings. The van der Waals surface area contributed by atoms with Crippen LogP contribution in [0.5, 0.6) is 0 Å². The molecule has 0 spiro atoms. The molecule has 0 bridgehead atoms. The van der Waals surface area contributed by atoms with Crippen LogP contribution in [0.15, 0.2) is 51.1 Å². The van der Waals surface area contributed by atoms with Crippen LogP contribution in [-0.4, -0.2) is 27.3 Å². The fraction of sp³-hybridized carbons (Fsp3) is 0.208. The second kappa shape index (κ2) is 8.27. The molecule has 3 aromatic rings. The lowest BCUT2D eigenvalue weighted by atomic mass is 10.1. The van der Waals surface area contributed by atoms with Crippen molar-refractivity contribution in [3.63, 3.8) is 0 Å². The minimum Gasteiger partial charge on any atom is -0.467 e. The molecular formula is C24H22BrN3O4. The second-order valence-electron chi connectivity index (χ2n) is 7.84. The summed E-state index contributed by atoms with van der Waals surface area (Å²) in [5.41, 5.74) is 5.69. The molecule has 1 aliphatic heterocycles. The summed E-state index contributed by atoms with van der Waals surface area (Å²) in [5.74, 6) is -0.924. The maximum Gasteiger partial charge on any atom is 0.331 e. The monoisotopic (exact) mass is 495 g/mol. The van der Waals surface area contributed by atoms with Gasteiger partial charge >= 0.3 is 6.03 Å². The summed E-state index contributed by atoms with van der Waals surface area (Å²) in [4.78, 5) is 38.7. The van der Waals surface area contributed by atoms with Crippen molar-refractivity contribution in [2.24, 2.45) is 0 Å². The number of barbiturate groups is 1. The quantitative estimate of drug-likeness (QED) is 0.418. The normalized spacial score (nSPS) is 15.6. The zero-order valence-corrected chi connectivity index (χ0v) is 19.7. The average Bonchev–Trinajstić information content (AvgIpc) is 3.34. The molecule has 32 heavy (non-hydrogen) atoms. The number of carbonyl (C=O) groups excluding carboxylic acids is 3. The van der Waals surface area contributed by atoms with Crippen LogP contribution in [0.25, 0.3) is 11.8 Å². The van der Waals surface area contributed by atoms with Crippen LogP contribution in [-0.2, 0) is 16.1 Å². The van der Waals surface area contributed by atoms with E-state index in [-0.39, 0.29) is 12.1 Å². The van der Waals surface area contributed by atoms with Gasteiger partial charge in [0, 0.05) is 21.5 Å². The van der Waals surface area contributed by atoms with Crippen molar-refractivity contribution in [1.82, 2.24) is 14.8 Å². The molecule has 0 radical (unpaired) electrons. The molecule has 8 heteroatoms. The van der Waals surface area contributed by atoms with Crippen LogP contribution in [0, 0.1) is 27.7 Å². The first kappa shape index (κ1) is 21.8. The number of amides is 4. The van der Waals surface area contributed by atoms with Crippen molar-refractivity contribution in [2.45, 2.75) is 34.2 Å². The van der Waals surface area contributed by atoms with Gasteiger partial charge in [0.25, 0.3) is 11.8 Å². The van der Waals surface area contributed by atoms with E-state index in [0.29, 0.717) is 5.76 Å². The van der Waals surface area contributed by atoms with Crippen molar-refractivity contribution in [3.8, 4) is 5.69 Å². The van der Waals surface area contributed by atoms with Gasteiger partial charge in [0.05, 0.1) is 12.8 Å². The smallest absolute Gasteiger partial charge is 0.331 e. The zero-order valence-electron chi connectivity index (χ0n) is 18.2. The van der Waals surface area contributed by atoms with Crippen LogP contribution in [0.3, 0.4) is 0 Å². The molecule has 1 aromatic carbocycles. The highest BCUT2D eigenvalue weighted by molar-refractivity contribution is 9.10.